The van der Waals surface area contributed by atoms with Gasteiger partial charge in [-0.05, 0) is 57.4 Å². The monoisotopic (exact) mass is 861 g/mol. The van der Waals surface area contributed by atoms with Crippen LogP contribution in [0.25, 0.3) is 0 Å². The lowest BCUT2D eigenvalue weighted by Crippen LogP contribution is -2.45. The van der Waals surface area contributed by atoms with Crippen molar-refractivity contribution in [2.75, 3.05) is 53.0 Å². The third-order valence-electron chi connectivity index (χ3n) is 14.5. The summed E-state index contributed by atoms with van der Waals surface area (Å²) in [4.78, 5) is 17.6. The van der Waals surface area contributed by atoms with Crippen molar-refractivity contribution in [1.82, 2.24) is 9.80 Å². The Morgan fingerprint density at radius 1 is 0.541 bits per heavy atom. The van der Waals surface area contributed by atoms with Crippen LogP contribution in [0.2, 0.25) is 0 Å². The van der Waals surface area contributed by atoms with Crippen molar-refractivity contribution in [2.45, 2.75) is 284 Å². The number of piperazine rings is 1. The molecule has 0 aromatic carbocycles. The van der Waals surface area contributed by atoms with Crippen LogP contribution in [0, 0.1) is 11.8 Å². The van der Waals surface area contributed by atoms with Crippen molar-refractivity contribution < 1.29 is 19.0 Å². The molecule has 0 spiro atoms. The number of hydrogen-bond donors (Lipinski definition) is 0. The molecule has 2 saturated heterocycles. The molecule has 2 unspecified atom stereocenters. The fourth-order valence-corrected chi connectivity index (χ4v) is 10.2. The first-order valence-corrected chi connectivity index (χ1v) is 27.8. The van der Waals surface area contributed by atoms with E-state index >= 15 is 0 Å². The standard InChI is InChI=1S/C55H108N2O4/c1-6-10-27-35-51(36-28-11-7-2)37-31-23-19-15-14-16-20-24-32-41-55(60-50-53(61-55)40-43-57-46-44-56(5)45-47-57)42-33-25-21-17-18-22-26-34-48-59-54(58)49-52(38-29-12-8-3)39-30-13-9-4/h51-53H,6-50H2,1-5H3. The van der Waals surface area contributed by atoms with E-state index in [0.29, 0.717) is 18.9 Å². The van der Waals surface area contributed by atoms with Crippen LogP contribution in [0.15, 0.2) is 0 Å². The van der Waals surface area contributed by atoms with E-state index in [1.165, 1.54) is 238 Å². The Hall–Kier alpha value is -0.690. The zero-order valence-corrected chi connectivity index (χ0v) is 42.1. The molecule has 2 rings (SSSR count). The molecule has 2 atom stereocenters. The molecule has 6 heteroatoms. The highest BCUT2D eigenvalue weighted by atomic mass is 16.7. The van der Waals surface area contributed by atoms with Gasteiger partial charge in [-0.1, -0.05) is 214 Å². The molecule has 362 valence electrons. The highest BCUT2D eigenvalue weighted by Crippen LogP contribution is 2.36. The molecule has 2 heterocycles. The first-order chi connectivity index (χ1) is 29.9. The Morgan fingerprint density at radius 2 is 0.951 bits per heavy atom. The molecular weight excluding hydrogens is 753 g/mol. The fourth-order valence-electron chi connectivity index (χ4n) is 10.2. The summed E-state index contributed by atoms with van der Waals surface area (Å²) in [7, 11) is 2.24. The number of rotatable bonds is 44. The quantitative estimate of drug-likeness (QED) is 0.0449. The number of unbranched alkanes of at least 4 members (excludes halogenated alkanes) is 23. The smallest absolute Gasteiger partial charge is 0.306 e. The number of hydrogen-bond acceptors (Lipinski definition) is 6. The lowest BCUT2D eigenvalue weighted by Gasteiger charge is -2.33. The Kier molecular flexibility index (Phi) is 36.7. The average Bonchev–Trinajstić information content (AvgIpc) is 3.67. The van der Waals surface area contributed by atoms with E-state index in [1.54, 1.807) is 0 Å². The van der Waals surface area contributed by atoms with Crippen molar-refractivity contribution >= 4 is 5.97 Å². The summed E-state index contributed by atoms with van der Waals surface area (Å²) in [5.41, 5.74) is 0. The van der Waals surface area contributed by atoms with Crippen LogP contribution in [-0.2, 0) is 19.0 Å². The molecule has 2 aliphatic heterocycles. The van der Waals surface area contributed by atoms with Gasteiger partial charge in [0, 0.05) is 52.0 Å². The highest BCUT2D eigenvalue weighted by molar-refractivity contribution is 5.69. The molecule has 0 aliphatic carbocycles. The topological polar surface area (TPSA) is 51.2 Å². The largest absolute Gasteiger partial charge is 0.466 e. The Balaban J connectivity index is 1.60. The molecule has 0 N–H and O–H groups in total. The van der Waals surface area contributed by atoms with Crippen LogP contribution in [-0.4, -0.2) is 80.6 Å². The van der Waals surface area contributed by atoms with Gasteiger partial charge in [0.05, 0.1) is 19.3 Å². The molecular formula is C55H108N2O4. The van der Waals surface area contributed by atoms with E-state index in [0.717, 1.165) is 44.8 Å². The number of esters is 1. The van der Waals surface area contributed by atoms with E-state index in [-0.39, 0.29) is 17.9 Å². The molecule has 61 heavy (non-hydrogen) atoms. The minimum Gasteiger partial charge on any atom is -0.466 e. The summed E-state index contributed by atoms with van der Waals surface area (Å²) in [6.07, 6.45) is 49.2. The van der Waals surface area contributed by atoms with Gasteiger partial charge in [0.25, 0.3) is 0 Å². The normalized spacial score (nSPS) is 18.9. The van der Waals surface area contributed by atoms with Gasteiger partial charge in [0.1, 0.15) is 0 Å². The SMILES string of the molecule is CCCCCC(CCCCC)CCCCCCCCCCCC1(CCCCCCCCCCOC(=O)CC(CCCCC)CCCCC)OCC(CCN2CCN(C)CC2)O1. The van der Waals surface area contributed by atoms with Crippen LogP contribution >= 0.6 is 0 Å². The lowest BCUT2D eigenvalue weighted by atomic mass is 9.90. The molecule has 0 bridgehead atoms. The van der Waals surface area contributed by atoms with Crippen LogP contribution < -0.4 is 0 Å². The molecule has 0 radical (unpaired) electrons. The molecule has 6 nitrogen and oxygen atoms in total. The van der Waals surface area contributed by atoms with Gasteiger partial charge in [0.15, 0.2) is 5.79 Å². The second kappa shape index (κ2) is 39.7. The Labute approximate surface area is 381 Å². The van der Waals surface area contributed by atoms with Gasteiger partial charge in [-0.3, -0.25) is 4.79 Å². The zero-order chi connectivity index (χ0) is 43.9. The van der Waals surface area contributed by atoms with Crippen LogP contribution in [0.5, 0.6) is 0 Å². The summed E-state index contributed by atoms with van der Waals surface area (Å²) >= 11 is 0. The van der Waals surface area contributed by atoms with E-state index in [2.05, 4.69) is 44.5 Å². The minimum absolute atomic E-state index is 0.0396. The van der Waals surface area contributed by atoms with Gasteiger partial charge in [-0.15, -0.1) is 0 Å². The van der Waals surface area contributed by atoms with Gasteiger partial charge in [-0.25, -0.2) is 0 Å². The van der Waals surface area contributed by atoms with Crippen molar-refractivity contribution in [3.8, 4) is 0 Å². The van der Waals surface area contributed by atoms with E-state index < -0.39 is 0 Å². The second-order valence-electron chi connectivity index (χ2n) is 20.3. The molecule has 0 amide bonds. The van der Waals surface area contributed by atoms with Gasteiger partial charge in [-0.2, -0.15) is 0 Å². The van der Waals surface area contributed by atoms with E-state index in [4.69, 9.17) is 14.2 Å². The number of ether oxygens (including phenoxy) is 3. The second-order valence-corrected chi connectivity index (χ2v) is 20.3. The number of carbonyl (C=O) groups excluding carboxylic acids is 1. The van der Waals surface area contributed by atoms with Crippen LogP contribution in [0.3, 0.4) is 0 Å². The number of likely N-dealkylation sites (N-methyl/N-ethyl adjacent to an activating group) is 1. The molecule has 2 fully saturated rings. The molecule has 0 saturated carbocycles. The maximum Gasteiger partial charge on any atom is 0.306 e. The summed E-state index contributed by atoms with van der Waals surface area (Å²) < 4.78 is 19.2. The third kappa shape index (κ3) is 31.0. The Morgan fingerprint density at radius 3 is 1.43 bits per heavy atom. The molecule has 2 aliphatic rings. The number of nitrogens with zero attached hydrogens (tertiary/aromatic N) is 2. The van der Waals surface area contributed by atoms with Crippen molar-refractivity contribution in [1.29, 1.82) is 0 Å². The Bertz CT molecular complexity index is 936. The van der Waals surface area contributed by atoms with Gasteiger partial charge >= 0.3 is 5.97 Å². The zero-order valence-electron chi connectivity index (χ0n) is 42.1. The summed E-state index contributed by atoms with van der Waals surface area (Å²) in [6, 6.07) is 0. The first-order valence-electron chi connectivity index (χ1n) is 27.8. The molecule has 0 aromatic heterocycles. The summed E-state index contributed by atoms with van der Waals surface area (Å²) in [5, 5.41) is 0. The maximum absolute atomic E-state index is 12.6. The highest BCUT2D eigenvalue weighted by Gasteiger charge is 2.40. The van der Waals surface area contributed by atoms with Crippen LogP contribution in [0.4, 0.5) is 0 Å². The average molecular weight is 861 g/mol. The minimum atomic E-state index is -0.347. The third-order valence-corrected chi connectivity index (χ3v) is 14.5. The lowest BCUT2D eigenvalue weighted by molar-refractivity contribution is -0.180. The van der Waals surface area contributed by atoms with Crippen molar-refractivity contribution in [2.24, 2.45) is 11.8 Å². The van der Waals surface area contributed by atoms with Gasteiger partial charge < -0.3 is 24.0 Å². The number of carbonyl (C=O) groups is 1. The van der Waals surface area contributed by atoms with E-state index in [1.807, 2.05) is 0 Å². The van der Waals surface area contributed by atoms with Crippen LogP contribution in [0.1, 0.15) is 272 Å². The van der Waals surface area contributed by atoms with Crippen molar-refractivity contribution in [3.63, 3.8) is 0 Å². The first kappa shape index (κ1) is 56.4. The van der Waals surface area contributed by atoms with E-state index in [9.17, 15) is 4.79 Å². The van der Waals surface area contributed by atoms with Crippen molar-refractivity contribution in [3.05, 3.63) is 0 Å². The summed E-state index contributed by atoms with van der Waals surface area (Å²) in [5.74, 6) is 1.21. The molecule has 0 aromatic rings. The van der Waals surface area contributed by atoms with Gasteiger partial charge in [0.2, 0.25) is 0 Å². The summed E-state index contributed by atoms with van der Waals surface area (Å²) in [6.45, 7) is 16.4. The fraction of sp³-hybridized carbons (Fsp3) is 0.982. The maximum atomic E-state index is 12.6. The predicted octanol–water partition coefficient (Wildman–Crippen LogP) is 16.0. The predicted molar refractivity (Wildman–Crippen MR) is 264 cm³/mol.